The molecule has 2 aromatic heterocycles. The van der Waals surface area contributed by atoms with E-state index in [1.165, 1.54) is 25.3 Å². The Morgan fingerprint density at radius 3 is 1.33 bits per heavy atom. The number of piperazine rings is 2. The summed E-state index contributed by atoms with van der Waals surface area (Å²) in [4.78, 5) is 37.6. The lowest BCUT2D eigenvalue weighted by atomic mass is 9.95. The molecule has 2 fully saturated rings. The third-order valence-electron chi connectivity index (χ3n) is 9.67. The number of hydrogen-bond acceptors (Lipinski definition) is 10. The molecule has 0 spiro atoms. The molecular formula is C37H34Cl2F12N6O6. The quantitative estimate of drug-likeness (QED) is 0.158. The summed E-state index contributed by atoms with van der Waals surface area (Å²) < 4.78 is 170. The van der Waals surface area contributed by atoms with Gasteiger partial charge in [0.2, 0.25) is 0 Å². The molecule has 0 aliphatic carbocycles. The van der Waals surface area contributed by atoms with Crippen LogP contribution in [0.4, 0.5) is 62.3 Å². The zero-order chi connectivity index (χ0) is 46.5. The van der Waals surface area contributed by atoms with E-state index in [-0.39, 0.29) is 51.9 Å². The van der Waals surface area contributed by atoms with Gasteiger partial charge in [-0.05, 0) is 42.3 Å². The van der Waals surface area contributed by atoms with Crippen LogP contribution in [0.1, 0.15) is 41.5 Å². The first-order valence-corrected chi connectivity index (χ1v) is 19.0. The smallest absolute Gasteiger partial charge is 0.434 e. The van der Waals surface area contributed by atoms with Crippen molar-refractivity contribution in [1.29, 1.82) is 0 Å². The van der Waals surface area contributed by atoms with E-state index in [0.717, 1.165) is 20.9 Å². The van der Waals surface area contributed by atoms with E-state index in [0.29, 0.717) is 21.4 Å². The lowest BCUT2D eigenvalue weighted by molar-refractivity contribution is -0.309. The molecule has 0 bridgehead atoms. The van der Waals surface area contributed by atoms with Gasteiger partial charge in [0.1, 0.15) is 30.0 Å². The standard InChI is InChI=1S/C22H20Cl2F6N2O2.C15H14F6N4O4/c1-13-12-31(20(33)34-19(21(25,26)27)22(28,29)30)10-11-32(13)18(14-2-6-16(23)7-3-14)15-4-8-17(24)9-5-15;16-14(17,18)12(15(19,20)21)29-13(26)25-3-1-24(2-4-25)11(9-5-27-7-22-9)10-6-28-8-23-10/h2-9,13,18-19H,10-12H2,1H3;5-8,11-12H,1-4H2. The number of rotatable bonds is 8. The van der Waals surface area contributed by atoms with Crippen molar-refractivity contribution in [2.24, 2.45) is 0 Å². The highest BCUT2D eigenvalue weighted by molar-refractivity contribution is 6.30. The van der Waals surface area contributed by atoms with Crippen molar-refractivity contribution in [3.63, 3.8) is 0 Å². The Morgan fingerprint density at radius 2 is 0.984 bits per heavy atom. The molecule has 0 saturated carbocycles. The van der Waals surface area contributed by atoms with Crippen molar-refractivity contribution in [2.75, 3.05) is 45.8 Å². The van der Waals surface area contributed by atoms with Crippen LogP contribution in [0.25, 0.3) is 0 Å². The number of halogens is 14. The van der Waals surface area contributed by atoms with Crippen LogP contribution in [0.15, 0.2) is 82.7 Å². The van der Waals surface area contributed by atoms with Crippen molar-refractivity contribution in [1.82, 2.24) is 29.6 Å². The summed E-state index contributed by atoms with van der Waals surface area (Å²) in [6.07, 6.45) is -29.6. The van der Waals surface area contributed by atoms with Crippen LogP contribution in [0.2, 0.25) is 10.0 Å². The van der Waals surface area contributed by atoms with Gasteiger partial charge in [-0.2, -0.15) is 52.7 Å². The van der Waals surface area contributed by atoms with Gasteiger partial charge in [-0.3, -0.25) is 9.80 Å². The number of alkyl halides is 12. The summed E-state index contributed by atoms with van der Waals surface area (Å²) in [7, 11) is 0. The third-order valence-corrected chi connectivity index (χ3v) is 10.2. The molecule has 26 heteroatoms. The van der Waals surface area contributed by atoms with Crippen molar-refractivity contribution >= 4 is 35.4 Å². The predicted octanol–water partition coefficient (Wildman–Crippen LogP) is 9.72. The molecule has 4 heterocycles. The average Bonchev–Trinajstić information content (AvgIpc) is 3.93. The molecule has 1 atom stereocenters. The highest BCUT2D eigenvalue weighted by atomic mass is 35.5. The molecule has 1 unspecified atom stereocenters. The molecule has 0 radical (unpaired) electrons. The monoisotopic (exact) mass is 956 g/mol. The van der Waals surface area contributed by atoms with Gasteiger partial charge < -0.3 is 28.1 Å². The van der Waals surface area contributed by atoms with Crippen LogP contribution < -0.4 is 0 Å². The second-order valence-corrected chi connectivity index (χ2v) is 14.9. The van der Waals surface area contributed by atoms with Gasteiger partial charge in [-0.15, -0.1) is 0 Å². The maximum absolute atomic E-state index is 12.8. The number of benzene rings is 2. The van der Waals surface area contributed by atoms with E-state index in [1.54, 1.807) is 36.1 Å². The topological polar surface area (TPSA) is 118 Å². The lowest BCUT2D eigenvalue weighted by Gasteiger charge is -2.44. The molecule has 2 amide bonds. The summed E-state index contributed by atoms with van der Waals surface area (Å²) >= 11 is 12.0. The van der Waals surface area contributed by atoms with Gasteiger partial charge in [-0.25, -0.2) is 19.6 Å². The van der Waals surface area contributed by atoms with Crippen LogP contribution in [0.5, 0.6) is 0 Å². The molecule has 2 aliphatic rings. The lowest BCUT2D eigenvalue weighted by Crippen LogP contribution is -2.56. The summed E-state index contributed by atoms with van der Waals surface area (Å²) in [5.41, 5.74) is 2.68. The van der Waals surface area contributed by atoms with E-state index in [2.05, 4.69) is 19.4 Å². The fourth-order valence-electron chi connectivity index (χ4n) is 6.78. The molecule has 6 rings (SSSR count). The van der Waals surface area contributed by atoms with Crippen molar-refractivity contribution in [2.45, 2.75) is 62.0 Å². The van der Waals surface area contributed by atoms with E-state index < -0.39 is 61.2 Å². The van der Waals surface area contributed by atoms with Crippen LogP contribution in [0, 0.1) is 0 Å². The predicted molar refractivity (Wildman–Crippen MR) is 195 cm³/mol. The number of oxazole rings is 2. The number of ether oxygens (including phenoxy) is 2. The highest BCUT2D eigenvalue weighted by Crippen LogP contribution is 2.39. The number of amides is 2. The zero-order valence-corrected chi connectivity index (χ0v) is 33.7. The first kappa shape index (κ1) is 49.1. The van der Waals surface area contributed by atoms with Crippen LogP contribution >= 0.6 is 23.2 Å². The average molecular weight is 958 g/mol. The number of nitrogens with zero attached hydrogens (tertiary/aromatic N) is 6. The number of carbonyl (C=O) groups excluding carboxylic acids is 2. The second-order valence-electron chi connectivity index (χ2n) is 14.0. The molecule has 2 aliphatic heterocycles. The zero-order valence-electron chi connectivity index (χ0n) is 32.2. The number of carbonyl (C=O) groups is 2. The van der Waals surface area contributed by atoms with Gasteiger partial charge in [0.15, 0.2) is 12.8 Å². The fourth-order valence-corrected chi connectivity index (χ4v) is 7.03. The second kappa shape index (κ2) is 19.8. The minimum atomic E-state index is -5.77. The molecule has 12 nitrogen and oxygen atoms in total. The minimum Gasteiger partial charge on any atom is -0.451 e. The molecular weight excluding hydrogens is 923 g/mol. The third kappa shape index (κ3) is 12.8. The maximum atomic E-state index is 12.8. The number of hydrogen-bond donors (Lipinski definition) is 0. The molecule has 2 aromatic carbocycles. The molecule has 0 N–H and O–H groups in total. The highest BCUT2D eigenvalue weighted by Gasteiger charge is 2.61. The molecule has 346 valence electrons. The normalized spacial score (nSPS) is 17.3. The Balaban J connectivity index is 0.000000240. The number of aromatic nitrogens is 2. The maximum Gasteiger partial charge on any atom is 0.434 e. The molecule has 63 heavy (non-hydrogen) atoms. The van der Waals surface area contributed by atoms with Crippen LogP contribution in [0.3, 0.4) is 0 Å². The van der Waals surface area contributed by atoms with Gasteiger partial charge in [0, 0.05) is 61.9 Å². The van der Waals surface area contributed by atoms with E-state index >= 15 is 0 Å². The summed E-state index contributed by atoms with van der Waals surface area (Å²) in [5.74, 6) is 0. The van der Waals surface area contributed by atoms with E-state index in [9.17, 15) is 62.3 Å². The Labute approximate surface area is 359 Å². The van der Waals surface area contributed by atoms with Crippen molar-refractivity contribution < 1.29 is 80.6 Å². The van der Waals surface area contributed by atoms with Gasteiger partial charge in [0.05, 0.1) is 6.04 Å². The molecule has 2 saturated heterocycles. The Hall–Kier alpha value is -4.94. The Kier molecular flexibility index (Phi) is 15.5. The van der Waals surface area contributed by atoms with Gasteiger partial charge in [0.25, 0.3) is 12.2 Å². The Morgan fingerprint density at radius 1 is 0.603 bits per heavy atom. The summed E-state index contributed by atoms with van der Waals surface area (Å²) in [6, 6.07) is 12.9. The fraction of sp³-hybridized carbons (Fsp3) is 0.459. The summed E-state index contributed by atoms with van der Waals surface area (Å²) in [5, 5.41) is 1.06. The van der Waals surface area contributed by atoms with E-state index in [4.69, 9.17) is 32.0 Å². The van der Waals surface area contributed by atoms with Gasteiger partial charge >= 0.3 is 36.9 Å². The molecule has 4 aromatic rings. The van der Waals surface area contributed by atoms with Crippen LogP contribution in [-0.2, 0) is 9.47 Å². The SMILES string of the molecule is CC1CN(C(=O)OC(C(F)(F)F)C(F)(F)F)CCN1C(c1ccc(Cl)cc1)c1ccc(Cl)cc1.O=C(OC(C(F)(F)F)C(F)(F)F)N1CCN(C(c2cocn2)c2cocn2)CC1. The van der Waals surface area contributed by atoms with Crippen LogP contribution in [-0.4, -0.2) is 131 Å². The Bertz CT molecular complexity index is 1960. The van der Waals surface area contributed by atoms with Crippen molar-refractivity contribution in [3.8, 4) is 0 Å². The largest absolute Gasteiger partial charge is 0.451 e. The first-order valence-electron chi connectivity index (χ1n) is 18.3. The van der Waals surface area contributed by atoms with E-state index in [1.807, 2.05) is 29.2 Å². The summed E-state index contributed by atoms with van der Waals surface area (Å²) in [6.45, 7) is 1.56. The van der Waals surface area contributed by atoms with Gasteiger partial charge in [-0.1, -0.05) is 47.5 Å². The first-order chi connectivity index (χ1) is 29.3. The minimum absolute atomic E-state index is 0.113. The van der Waals surface area contributed by atoms with Crippen molar-refractivity contribution in [3.05, 3.63) is 106 Å².